The number of anilines is 1. The first-order valence-electron chi connectivity index (χ1n) is 7.60. The largest absolute Gasteiger partial charge is 0.340 e. The molecule has 0 saturated carbocycles. The minimum Gasteiger partial charge on any atom is -0.340 e. The van der Waals surface area contributed by atoms with E-state index in [1.165, 1.54) is 35.6 Å². The lowest BCUT2D eigenvalue weighted by atomic mass is 10.0. The van der Waals surface area contributed by atoms with E-state index in [4.69, 9.17) is 0 Å². The van der Waals surface area contributed by atoms with Crippen LogP contribution in [0.5, 0.6) is 0 Å². The Morgan fingerprint density at radius 3 is 2.42 bits per heavy atom. The summed E-state index contributed by atoms with van der Waals surface area (Å²) in [4.78, 5) is 24.7. The Morgan fingerprint density at radius 1 is 1.21 bits per heavy atom. The summed E-state index contributed by atoms with van der Waals surface area (Å²) in [5.41, 5.74) is 0.291. The third kappa shape index (κ3) is 4.58. The van der Waals surface area contributed by atoms with Gasteiger partial charge in [0.1, 0.15) is 16.9 Å². The molecule has 0 radical (unpaired) electrons. The second kappa shape index (κ2) is 7.96. The molecular formula is C16H19FN4O2S. The first-order valence-corrected chi connectivity index (χ1v) is 8.42. The van der Waals surface area contributed by atoms with Crippen molar-refractivity contribution < 1.29 is 14.0 Å². The molecule has 0 aliphatic carbocycles. The molecule has 0 aliphatic heterocycles. The fourth-order valence-corrected chi connectivity index (χ4v) is 2.67. The molecule has 0 fully saturated rings. The SMILES string of the molecule is CCc1nnc(NC(=O)C(NC(=O)c2ccc(F)cc2)C(C)C)s1. The summed E-state index contributed by atoms with van der Waals surface area (Å²) in [7, 11) is 0. The lowest BCUT2D eigenvalue weighted by Crippen LogP contribution is -2.47. The van der Waals surface area contributed by atoms with Crippen LogP contribution in [-0.4, -0.2) is 28.1 Å². The Morgan fingerprint density at radius 2 is 1.88 bits per heavy atom. The normalized spacial score (nSPS) is 12.0. The second-order valence-electron chi connectivity index (χ2n) is 5.55. The highest BCUT2D eigenvalue weighted by Crippen LogP contribution is 2.16. The maximum atomic E-state index is 12.9. The number of benzene rings is 1. The van der Waals surface area contributed by atoms with Crippen molar-refractivity contribution in [1.82, 2.24) is 15.5 Å². The van der Waals surface area contributed by atoms with Crippen LogP contribution in [0.2, 0.25) is 0 Å². The molecule has 0 aliphatic rings. The molecule has 1 aromatic heterocycles. The van der Waals surface area contributed by atoms with Gasteiger partial charge in [0, 0.05) is 5.56 Å². The van der Waals surface area contributed by atoms with Gasteiger partial charge < -0.3 is 5.32 Å². The second-order valence-corrected chi connectivity index (χ2v) is 6.61. The highest BCUT2D eigenvalue weighted by atomic mass is 32.1. The summed E-state index contributed by atoms with van der Waals surface area (Å²) in [6.45, 7) is 5.60. The monoisotopic (exact) mass is 350 g/mol. The van der Waals surface area contributed by atoms with E-state index in [0.717, 1.165) is 11.4 Å². The van der Waals surface area contributed by atoms with Gasteiger partial charge in [-0.25, -0.2) is 4.39 Å². The van der Waals surface area contributed by atoms with Crippen molar-refractivity contribution in [2.24, 2.45) is 5.92 Å². The van der Waals surface area contributed by atoms with Gasteiger partial charge in [-0.2, -0.15) is 0 Å². The van der Waals surface area contributed by atoms with E-state index in [1.807, 2.05) is 20.8 Å². The molecule has 0 saturated heterocycles. The lowest BCUT2D eigenvalue weighted by Gasteiger charge is -2.21. The molecule has 2 N–H and O–H groups in total. The Balaban J connectivity index is 2.06. The summed E-state index contributed by atoms with van der Waals surface area (Å²) in [6.07, 6.45) is 0.739. The molecule has 1 heterocycles. The maximum absolute atomic E-state index is 12.9. The molecule has 2 amide bonds. The van der Waals surface area contributed by atoms with Crippen molar-refractivity contribution in [3.63, 3.8) is 0 Å². The number of nitrogens with one attached hydrogen (secondary N) is 2. The van der Waals surface area contributed by atoms with E-state index in [-0.39, 0.29) is 11.8 Å². The number of halogens is 1. The number of nitrogens with zero attached hydrogens (tertiary/aromatic N) is 2. The number of hydrogen-bond donors (Lipinski definition) is 2. The summed E-state index contributed by atoms with van der Waals surface area (Å²) in [6, 6.07) is 4.41. The number of carbonyl (C=O) groups excluding carboxylic acids is 2. The Kier molecular flexibility index (Phi) is 5.97. The van der Waals surface area contributed by atoms with Crippen LogP contribution in [0.25, 0.3) is 0 Å². The zero-order valence-electron chi connectivity index (χ0n) is 13.7. The third-order valence-electron chi connectivity index (χ3n) is 3.34. The van der Waals surface area contributed by atoms with Gasteiger partial charge in [0.05, 0.1) is 0 Å². The van der Waals surface area contributed by atoms with Crippen molar-refractivity contribution in [3.8, 4) is 0 Å². The molecule has 2 aromatic rings. The number of aryl methyl sites for hydroxylation is 1. The van der Waals surface area contributed by atoms with Crippen LogP contribution < -0.4 is 10.6 Å². The zero-order valence-corrected chi connectivity index (χ0v) is 14.5. The van der Waals surface area contributed by atoms with Crippen molar-refractivity contribution in [1.29, 1.82) is 0 Å². The van der Waals surface area contributed by atoms with Crippen LogP contribution in [0, 0.1) is 11.7 Å². The van der Waals surface area contributed by atoms with Gasteiger partial charge in [-0.15, -0.1) is 10.2 Å². The van der Waals surface area contributed by atoms with Crippen LogP contribution in [0.15, 0.2) is 24.3 Å². The summed E-state index contributed by atoms with van der Waals surface area (Å²) in [5, 5.41) is 14.4. The molecule has 1 aromatic carbocycles. The molecule has 6 nitrogen and oxygen atoms in total. The van der Waals surface area contributed by atoms with E-state index < -0.39 is 17.8 Å². The minimum absolute atomic E-state index is 0.132. The van der Waals surface area contributed by atoms with Gasteiger partial charge >= 0.3 is 0 Å². The maximum Gasteiger partial charge on any atom is 0.251 e. The van der Waals surface area contributed by atoms with Gasteiger partial charge in [0.15, 0.2) is 0 Å². The highest BCUT2D eigenvalue weighted by molar-refractivity contribution is 7.15. The highest BCUT2D eigenvalue weighted by Gasteiger charge is 2.25. The summed E-state index contributed by atoms with van der Waals surface area (Å²) in [5.74, 6) is -1.35. The average Bonchev–Trinajstić information content (AvgIpc) is 3.00. The van der Waals surface area contributed by atoms with E-state index >= 15 is 0 Å². The van der Waals surface area contributed by atoms with Crippen LogP contribution in [0.3, 0.4) is 0 Å². The van der Waals surface area contributed by atoms with Crippen LogP contribution in [-0.2, 0) is 11.2 Å². The Bertz CT molecular complexity index is 715. The van der Waals surface area contributed by atoms with Gasteiger partial charge in [0.2, 0.25) is 11.0 Å². The molecule has 0 spiro atoms. The first-order chi connectivity index (χ1) is 11.4. The molecule has 8 heteroatoms. The lowest BCUT2D eigenvalue weighted by molar-refractivity contribution is -0.118. The van der Waals surface area contributed by atoms with E-state index in [0.29, 0.717) is 10.7 Å². The smallest absolute Gasteiger partial charge is 0.251 e. The average molecular weight is 350 g/mol. The molecule has 0 bridgehead atoms. The van der Waals surface area contributed by atoms with Gasteiger partial charge in [0.25, 0.3) is 5.91 Å². The van der Waals surface area contributed by atoms with Crippen LogP contribution in [0.1, 0.15) is 36.1 Å². The molecular weight excluding hydrogens is 331 g/mol. The predicted molar refractivity (Wildman–Crippen MR) is 90.4 cm³/mol. The fraction of sp³-hybridized carbons (Fsp3) is 0.375. The standard InChI is InChI=1S/C16H19FN4O2S/c1-4-12-20-21-16(24-12)19-15(23)13(9(2)3)18-14(22)10-5-7-11(17)8-6-10/h5-9,13H,4H2,1-3H3,(H,18,22)(H,19,21,23). The van der Waals surface area contributed by atoms with Gasteiger partial charge in [-0.1, -0.05) is 32.1 Å². The van der Waals surface area contributed by atoms with Crippen molar-refractivity contribution in [3.05, 3.63) is 40.7 Å². The molecule has 2 rings (SSSR count). The van der Waals surface area contributed by atoms with Crippen LogP contribution in [0.4, 0.5) is 9.52 Å². The van der Waals surface area contributed by atoms with E-state index in [2.05, 4.69) is 20.8 Å². The summed E-state index contributed by atoms with van der Waals surface area (Å²) < 4.78 is 12.9. The van der Waals surface area contributed by atoms with Crippen molar-refractivity contribution >= 4 is 28.3 Å². The fourth-order valence-electron chi connectivity index (χ4n) is 1.99. The van der Waals surface area contributed by atoms with E-state index in [1.54, 1.807) is 0 Å². The van der Waals surface area contributed by atoms with E-state index in [9.17, 15) is 14.0 Å². The molecule has 128 valence electrons. The quantitative estimate of drug-likeness (QED) is 0.839. The number of aromatic nitrogens is 2. The Labute approximate surface area is 143 Å². The van der Waals surface area contributed by atoms with Crippen LogP contribution >= 0.6 is 11.3 Å². The number of amides is 2. The van der Waals surface area contributed by atoms with Crippen molar-refractivity contribution in [2.75, 3.05) is 5.32 Å². The molecule has 1 atom stereocenters. The third-order valence-corrected chi connectivity index (χ3v) is 4.32. The molecule has 1 unspecified atom stereocenters. The van der Waals surface area contributed by atoms with Gasteiger partial charge in [-0.05, 0) is 36.6 Å². The number of hydrogen-bond acceptors (Lipinski definition) is 5. The topological polar surface area (TPSA) is 84.0 Å². The zero-order chi connectivity index (χ0) is 17.7. The Hall–Kier alpha value is -2.35. The molecule has 24 heavy (non-hydrogen) atoms. The predicted octanol–water partition coefficient (Wildman–Crippen LogP) is 2.63. The minimum atomic E-state index is -0.739. The van der Waals surface area contributed by atoms with Gasteiger partial charge in [-0.3, -0.25) is 14.9 Å². The first kappa shape index (κ1) is 18.0. The van der Waals surface area contributed by atoms with Crippen molar-refractivity contribution in [2.45, 2.75) is 33.2 Å². The number of carbonyl (C=O) groups is 2. The number of rotatable bonds is 6. The summed E-state index contributed by atoms with van der Waals surface area (Å²) >= 11 is 1.30.